The Hall–Kier alpha value is -1.98. The van der Waals surface area contributed by atoms with Crippen LogP contribution in [0.4, 0.5) is 5.69 Å². The van der Waals surface area contributed by atoms with Crippen molar-refractivity contribution in [3.63, 3.8) is 0 Å². The second kappa shape index (κ2) is 4.26. The molecular formula is C13H9ClN2. The SMILES string of the molecule is N#Cc1cccc(-c2ccc(Cl)cc2N)c1. The Morgan fingerprint density at radius 3 is 2.62 bits per heavy atom. The van der Waals surface area contributed by atoms with Gasteiger partial charge < -0.3 is 5.73 Å². The standard InChI is InChI=1S/C13H9ClN2/c14-11-4-5-12(13(16)7-11)10-3-1-2-9(6-10)8-15/h1-7H,16H2. The normalized spacial score (nSPS) is 9.75. The Morgan fingerprint density at radius 2 is 1.94 bits per heavy atom. The van der Waals surface area contributed by atoms with Crippen LogP contribution in [-0.2, 0) is 0 Å². The largest absolute Gasteiger partial charge is 0.398 e. The molecular weight excluding hydrogens is 220 g/mol. The van der Waals surface area contributed by atoms with Gasteiger partial charge in [-0.15, -0.1) is 0 Å². The minimum atomic E-state index is 0.609. The summed E-state index contributed by atoms with van der Waals surface area (Å²) in [5.74, 6) is 0. The zero-order chi connectivity index (χ0) is 11.5. The highest BCUT2D eigenvalue weighted by Gasteiger charge is 2.03. The fourth-order valence-corrected chi connectivity index (χ4v) is 1.73. The van der Waals surface area contributed by atoms with Gasteiger partial charge in [-0.1, -0.05) is 29.8 Å². The Morgan fingerprint density at radius 1 is 1.12 bits per heavy atom. The number of halogens is 1. The molecule has 2 rings (SSSR count). The summed E-state index contributed by atoms with van der Waals surface area (Å²) in [4.78, 5) is 0. The molecule has 78 valence electrons. The molecule has 2 aromatic rings. The van der Waals surface area contributed by atoms with Gasteiger partial charge in [0.2, 0.25) is 0 Å². The third kappa shape index (κ3) is 2.00. The number of nitrogens with two attached hydrogens (primary N) is 1. The summed E-state index contributed by atoms with van der Waals surface area (Å²) >= 11 is 5.83. The van der Waals surface area contributed by atoms with Gasteiger partial charge in [0.15, 0.2) is 0 Å². The summed E-state index contributed by atoms with van der Waals surface area (Å²) in [5.41, 5.74) is 8.92. The van der Waals surface area contributed by atoms with Crippen LogP contribution in [-0.4, -0.2) is 0 Å². The Kier molecular flexibility index (Phi) is 2.80. The molecule has 0 spiro atoms. The van der Waals surface area contributed by atoms with Crippen LogP contribution in [0.2, 0.25) is 5.02 Å². The maximum atomic E-state index is 8.82. The first-order chi connectivity index (χ1) is 7.70. The van der Waals surface area contributed by atoms with Crippen molar-refractivity contribution >= 4 is 17.3 Å². The van der Waals surface area contributed by atoms with E-state index in [9.17, 15) is 0 Å². The molecule has 0 aliphatic carbocycles. The maximum absolute atomic E-state index is 8.82. The van der Waals surface area contributed by atoms with E-state index in [-0.39, 0.29) is 0 Å². The first kappa shape index (κ1) is 10.5. The summed E-state index contributed by atoms with van der Waals surface area (Å²) in [6.45, 7) is 0. The molecule has 0 aliphatic rings. The number of benzene rings is 2. The highest BCUT2D eigenvalue weighted by Crippen LogP contribution is 2.28. The number of anilines is 1. The molecule has 16 heavy (non-hydrogen) atoms. The van der Waals surface area contributed by atoms with Crippen molar-refractivity contribution in [1.82, 2.24) is 0 Å². The Bertz CT molecular complexity index is 570. The van der Waals surface area contributed by atoms with E-state index >= 15 is 0 Å². The van der Waals surface area contributed by atoms with E-state index < -0.39 is 0 Å². The van der Waals surface area contributed by atoms with Crippen LogP contribution in [0.5, 0.6) is 0 Å². The molecule has 0 saturated carbocycles. The number of nitriles is 1. The molecule has 0 radical (unpaired) electrons. The minimum Gasteiger partial charge on any atom is -0.398 e. The summed E-state index contributed by atoms with van der Waals surface area (Å²) in [6.07, 6.45) is 0. The van der Waals surface area contributed by atoms with Crippen LogP contribution in [0.1, 0.15) is 5.56 Å². The van der Waals surface area contributed by atoms with Crippen molar-refractivity contribution < 1.29 is 0 Å². The summed E-state index contributed by atoms with van der Waals surface area (Å²) in [7, 11) is 0. The van der Waals surface area contributed by atoms with Crippen LogP contribution in [0.3, 0.4) is 0 Å². The van der Waals surface area contributed by atoms with Gasteiger partial charge in [0.25, 0.3) is 0 Å². The summed E-state index contributed by atoms with van der Waals surface area (Å²) < 4.78 is 0. The monoisotopic (exact) mass is 228 g/mol. The van der Waals surface area contributed by atoms with E-state index in [0.717, 1.165) is 11.1 Å². The zero-order valence-corrected chi connectivity index (χ0v) is 9.20. The van der Waals surface area contributed by atoms with Crippen molar-refractivity contribution in [2.24, 2.45) is 0 Å². The molecule has 3 heteroatoms. The highest BCUT2D eigenvalue weighted by atomic mass is 35.5. The van der Waals surface area contributed by atoms with Gasteiger partial charge in [-0.25, -0.2) is 0 Å². The highest BCUT2D eigenvalue weighted by molar-refractivity contribution is 6.31. The number of nitrogens with zero attached hydrogens (tertiary/aromatic N) is 1. The molecule has 0 amide bonds. The summed E-state index contributed by atoms with van der Waals surface area (Å²) in [6, 6.07) is 14.8. The number of nitrogen functional groups attached to an aromatic ring is 1. The van der Waals surface area contributed by atoms with E-state index in [1.54, 1.807) is 24.3 Å². The molecule has 0 fully saturated rings. The van der Waals surface area contributed by atoms with E-state index in [0.29, 0.717) is 16.3 Å². The van der Waals surface area contributed by atoms with E-state index in [1.165, 1.54) is 0 Å². The topological polar surface area (TPSA) is 49.8 Å². The van der Waals surface area contributed by atoms with Gasteiger partial charge >= 0.3 is 0 Å². The Labute approximate surface area is 98.9 Å². The fourth-order valence-electron chi connectivity index (χ4n) is 1.55. The molecule has 2 nitrogen and oxygen atoms in total. The van der Waals surface area contributed by atoms with E-state index in [2.05, 4.69) is 6.07 Å². The van der Waals surface area contributed by atoms with Crippen molar-refractivity contribution in [3.05, 3.63) is 53.1 Å². The first-order valence-corrected chi connectivity index (χ1v) is 5.14. The minimum absolute atomic E-state index is 0.609. The first-order valence-electron chi connectivity index (χ1n) is 4.76. The molecule has 0 atom stereocenters. The van der Waals surface area contributed by atoms with Gasteiger partial charge in [-0.2, -0.15) is 5.26 Å². The van der Waals surface area contributed by atoms with Crippen molar-refractivity contribution in [2.75, 3.05) is 5.73 Å². The van der Waals surface area contributed by atoms with Gasteiger partial charge in [-0.3, -0.25) is 0 Å². The van der Waals surface area contributed by atoms with Crippen LogP contribution < -0.4 is 5.73 Å². The van der Waals surface area contributed by atoms with Gasteiger partial charge in [0, 0.05) is 16.3 Å². The van der Waals surface area contributed by atoms with Crippen LogP contribution in [0.15, 0.2) is 42.5 Å². The van der Waals surface area contributed by atoms with Crippen LogP contribution in [0, 0.1) is 11.3 Å². The van der Waals surface area contributed by atoms with Crippen molar-refractivity contribution in [2.45, 2.75) is 0 Å². The third-order valence-electron chi connectivity index (χ3n) is 2.32. The van der Waals surface area contributed by atoms with Gasteiger partial charge in [-0.05, 0) is 29.8 Å². The van der Waals surface area contributed by atoms with Crippen molar-refractivity contribution in [3.8, 4) is 17.2 Å². The Balaban J connectivity index is 2.55. The second-order valence-corrected chi connectivity index (χ2v) is 3.86. The number of rotatable bonds is 1. The molecule has 0 heterocycles. The van der Waals surface area contributed by atoms with Crippen LogP contribution in [0.25, 0.3) is 11.1 Å². The molecule has 2 aromatic carbocycles. The summed E-state index contributed by atoms with van der Waals surface area (Å²) in [5, 5.41) is 9.43. The maximum Gasteiger partial charge on any atom is 0.0991 e. The van der Waals surface area contributed by atoms with E-state index in [1.807, 2.05) is 18.2 Å². The lowest BCUT2D eigenvalue weighted by Crippen LogP contribution is -1.90. The molecule has 0 saturated heterocycles. The third-order valence-corrected chi connectivity index (χ3v) is 2.55. The molecule has 0 bridgehead atoms. The lowest BCUT2D eigenvalue weighted by molar-refractivity contribution is 1.48. The quantitative estimate of drug-likeness (QED) is 0.760. The number of hydrogen-bond donors (Lipinski definition) is 1. The fraction of sp³-hybridized carbons (Fsp3) is 0. The van der Waals surface area contributed by atoms with Crippen molar-refractivity contribution in [1.29, 1.82) is 5.26 Å². The smallest absolute Gasteiger partial charge is 0.0991 e. The zero-order valence-electron chi connectivity index (χ0n) is 8.44. The molecule has 0 aromatic heterocycles. The molecule has 2 N–H and O–H groups in total. The lowest BCUT2D eigenvalue weighted by atomic mass is 10.0. The second-order valence-electron chi connectivity index (χ2n) is 3.42. The average Bonchev–Trinajstić information content (AvgIpc) is 2.29. The van der Waals surface area contributed by atoms with Crippen LogP contribution >= 0.6 is 11.6 Å². The molecule has 0 aliphatic heterocycles. The predicted molar refractivity (Wildman–Crippen MR) is 66.0 cm³/mol. The lowest BCUT2D eigenvalue weighted by Gasteiger charge is -2.06. The predicted octanol–water partition coefficient (Wildman–Crippen LogP) is 3.46. The number of hydrogen-bond acceptors (Lipinski definition) is 2. The molecule has 0 unspecified atom stereocenters. The average molecular weight is 229 g/mol. The van der Waals surface area contributed by atoms with Gasteiger partial charge in [0.1, 0.15) is 0 Å². The van der Waals surface area contributed by atoms with E-state index in [4.69, 9.17) is 22.6 Å². The van der Waals surface area contributed by atoms with Gasteiger partial charge in [0.05, 0.1) is 11.6 Å².